The number of nitrogens with zero attached hydrogens (tertiary/aromatic N) is 1. The maximum Gasteiger partial charge on any atom is 0.0757 e. The molecular formula is C8H22FNO. The van der Waals surface area contributed by atoms with Crippen molar-refractivity contribution in [3.05, 3.63) is 0 Å². The molecule has 0 aliphatic carbocycles. The van der Waals surface area contributed by atoms with Gasteiger partial charge in [0.15, 0.2) is 0 Å². The number of quaternary nitrogens is 1. The van der Waals surface area contributed by atoms with Crippen LogP contribution >= 0.6 is 0 Å². The van der Waals surface area contributed by atoms with E-state index in [4.69, 9.17) is 0 Å². The number of hydrogen-bond donors (Lipinski definition) is 0. The van der Waals surface area contributed by atoms with E-state index in [0.29, 0.717) is 0 Å². The molecule has 0 rings (SSSR count). The Bertz CT molecular complexity index is 57.0. The average molecular weight is 167 g/mol. The van der Waals surface area contributed by atoms with E-state index in [1.807, 2.05) is 0 Å². The van der Waals surface area contributed by atoms with Gasteiger partial charge in [-0.3, -0.25) is 0 Å². The number of halogens is 1. The summed E-state index contributed by atoms with van der Waals surface area (Å²) in [5.41, 5.74) is 0. The van der Waals surface area contributed by atoms with Crippen LogP contribution in [0.5, 0.6) is 0 Å². The number of rotatable bonds is 4. The van der Waals surface area contributed by atoms with Crippen LogP contribution in [0, 0.1) is 0 Å². The van der Waals surface area contributed by atoms with Gasteiger partial charge in [0.2, 0.25) is 0 Å². The summed E-state index contributed by atoms with van der Waals surface area (Å²) in [6, 6.07) is 0. The second-order valence-electron chi connectivity index (χ2n) is 2.61. The monoisotopic (exact) mass is 167 g/mol. The minimum atomic E-state index is 0. The molecule has 0 aromatic heterocycles. The van der Waals surface area contributed by atoms with Crippen LogP contribution in [0.25, 0.3) is 0 Å². The number of hydrogen-bond acceptors (Lipinski definition) is 0. The molecule has 0 heterocycles. The molecule has 0 bridgehead atoms. The normalized spacial score (nSPS) is 9.82. The molecule has 0 fully saturated rings. The molecule has 3 heteroatoms. The SMILES string of the molecule is CC[N+](CC)(CC)CC.O.[F-]. The van der Waals surface area contributed by atoms with Gasteiger partial charge < -0.3 is 14.7 Å². The molecular weight excluding hydrogens is 145 g/mol. The Morgan fingerprint density at radius 3 is 0.909 bits per heavy atom. The summed E-state index contributed by atoms with van der Waals surface area (Å²) in [7, 11) is 0. The quantitative estimate of drug-likeness (QED) is 0.436. The Morgan fingerprint density at radius 2 is 0.909 bits per heavy atom. The third kappa shape index (κ3) is 4.32. The van der Waals surface area contributed by atoms with E-state index in [9.17, 15) is 0 Å². The molecule has 0 aromatic carbocycles. The highest BCUT2D eigenvalue weighted by molar-refractivity contribution is 4.31. The fourth-order valence-corrected chi connectivity index (χ4v) is 1.34. The van der Waals surface area contributed by atoms with Crippen molar-refractivity contribution in [1.29, 1.82) is 0 Å². The Morgan fingerprint density at radius 1 is 0.727 bits per heavy atom. The van der Waals surface area contributed by atoms with E-state index >= 15 is 0 Å². The van der Waals surface area contributed by atoms with E-state index in [-0.39, 0.29) is 10.2 Å². The Kier molecular flexibility index (Phi) is 12.3. The lowest BCUT2D eigenvalue weighted by Crippen LogP contribution is -3.00. The first-order valence-electron chi connectivity index (χ1n) is 4.09. The third-order valence-corrected chi connectivity index (χ3v) is 2.68. The largest absolute Gasteiger partial charge is 1.00 e. The highest BCUT2D eigenvalue weighted by atomic mass is 19.0. The lowest BCUT2D eigenvalue weighted by Gasteiger charge is -2.34. The first kappa shape index (κ1) is 17.1. The first-order chi connectivity index (χ1) is 4.24. The topological polar surface area (TPSA) is 31.5 Å². The fraction of sp³-hybridized carbons (Fsp3) is 1.00. The molecule has 2 N–H and O–H groups in total. The van der Waals surface area contributed by atoms with Crippen molar-refractivity contribution in [3.63, 3.8) is 0 Å². The molecule has 0 atom stereocenters. The molecule has 0 aromatic rings. The second-order valence-corrected chi connectivity index (χ2v) is 2.61. The Labute approximate surface area is 69.5 Å². The van der Waals surface area contributed by atoms with Gasteiger partial charge in [0.05, 0.1) is 26.2 Å². The van der Waals surface area contributed by atoms with Crippen LogP contribution in [-0.2, 0) is 0 Å². The highest BCUT2D eigenvalue weighted by Crippen LogP contribution is 2.03. The summed E-state index contributed by atoms with van der Waals surface area (Å²) in [4.78, 5) is 0. The Hall–Kier alpha value is -0.150. The van der Waals surface area contributed by atoms with Crippen molar-refractivity contribution in [2.24, 2.45) is 0 Å². The van der Waals surface area contributed by atoms with Crippen molar-refractivity contribution in [1.82, 2.24) is 0 Å². The van der Waals surface area contributed by atoms with Gasteiger partial charge in [0, 0.05) is 0 Å². The Balaban J connectivity index is -0.000000320. The summed E-state index contributed by atoms with van der Waals surface area (Å²) >= 11 is 0. The van der Waals surface area contributed by atoms with Gasteiger partial charge in [-0.25, -0.2) is 0 Å². The summed E-state index contributed by atoms with van der Waals surface area (Å²) in [5.74, 6) is 0. The first-order valence-corrected chi connectivity index (χ1v) is 4.09. The van der Waals surface area contributed by atoms with Gasteiger partial charge in [-0.05, 0) is 27.7 Å². The van der Waals surface area contributed by atoms with Crippen LogP contribution < -0.4 is 4.70 Å². The van der Waals surface area contributed by atoms with Crippen LogP contribution in [0.1, 0.15) is 27.7 Å². The van der Waals surface area contributed by atoms with Gasteiger partial charge in [0.1, 0.15) is 0 Å². The van der Waals surface area contributed by atoms with Crippen molar-refractivity contribution < 1.29 is 14.7 Å². The van der Waals surface area contributed by atoms with E-state index in [2.05, 4.69) is 27.7 Å². The predicted octanol–water partition coefficient (Wildman–Crippen LogP) is -1.94. The smallest absolute Gasteiger partial charge is 0.0757 e. The second kappa shape index (κ2) is 7.95. The van der Waals surface area contributed by atoms with Crippen LogP contribution in [0.15, 0.2) is 0 Å². The zero-order chi connectivity index (χ0) is 7.33. The summed E-state index contributed by atoms with van der Waals surface area (Å²) in [6.45, 7) is 14.2. The molecule has 0 aliphatic rings. The summed E-state index contributed by atoms with van der Waals surface area (Å²) in [5, 5.41) is 0. The van der Waals surface area contributed by atoms with Crippen molar-refractivity contribution >= 4 is 0 Å². The van der Waals surface area contributed by atoms with Crippen LogP contribution in [-0.4, -0.2) is 36.1 Å². The van der Waals surface area contributed by atoms with Crippen LogP contribution in [0.2, 0.25) is 0 Å². The van der Waals surface area contributed by atoms with Gasteiger partial charge >= 0.3 is 0 Å². The molecule has 11 heavy (non-hydrogen) atoms. The zero-order valence-electron chi connectivity index (χ0n) is 8.15. The molecule has 0 aliphatic heterocycles. The van der Waals surface area contributed by atoms with Crippen molar-refractivity contribution in [3.8, 4) is 0 Å². The maximum atomic E-state index is 2.27. The van der Waals surface area contributed by atoms with Crippen LogP contribution in [0.3, 0.4) is 0 Å². The molecule has 0 unspecified atom stereocenters. The van der Waals surface area contributed by atoms with Gasteiger partial charge in [-0.2, -0.15) is 0 Å². The molecule has 0 saturated carbocycles. The minimum absolute atomic E-state index is 0. The summed E-state index contributed by atoms with van der Waals surface area (Å²) < 4.78 is 1.28. The molecule has 2 nitrogen and oxygen atoms in total. The molecule has 0 saturated heterocycles. The van der Waals surface area contributed by atoms with Gasteiger partial charge in [-0.15, -0.1) is 0 Å². The minimum Gasteiger partial charge on any atom is -1.00 e. The fourth-order valence-electron chi connectivity index (χ4n) is 1.34. The van der Waals surface area contributed by atoms with Crippen molar-refractivity contribution in [2.45, 2.75) is 27.7 Å². The van der Waals surface area contributed by atoms with Gasteiger partial charge in [-0.1, -0.05) is 0 Å². The molecule has 0 spiro atoms. The summed E-state index contributed by atoms with van der Waals surface area (Å²) in [6.07, 6.45) is 0. The van der Waals surface area contributed by atoms with E-state index in [1.165, 1.54) is 30.7 Å². The molecule has 72 valence electrons. The van der Waals surface area contributed by atoms with Crippen molar-refractivity contribution in [2.75, 3.05) is 26.2 Å². The van der Waals surface area contributed by atoms with E-state index in [1.54, 1.807) is 0 Å². The third-order valence-electron chi connectivity index (χ3n) is 2.68. The highest BCUT2D eigenvalue weighted by Gasteiger charge is 2.16. The lowest BCUT2D eigenvalue weighted by molar-refractivity contribution is -0.921. The predicted molar refractivity (Wildman–Crippen MR) is 46.0 cm³/mol. The van der Waals surface area contributed by atoms with E-state index < -0.39 is 0 Å². The standard InChI is InChI=1S/C8H20N.FH.H2O/c1-5-9(6-2,7-3)8-4;;/h5-8H2,1-4H3;1H;1H2/q+1;;/p-1. The average Bonchev–Trinajstić information content (AvgIpc) is 1.95. The zero-order valence-corrected chi connectivity index (χ0v) is 8.15. The maximum absolute atomic E-state index is 2.27. The molecule has 0 radical (unpaired) electrons. The lowest BCUT2D eigenvalue weighted by atomic mass is 10.3. The van der Waals surface area contributed by atoms with Crippen LogP contribution in [0.4, 0.5) is 0 Å². The van der Waals surface area contributed by atoms with E-state index in [0.717, 1.165) is 0 Å². The van der Waals surface area contributed by atoms with Gasteiger partial charge in [0.25, 0.3) is 0 Å². The molecule has 0 amide bonds.